The molecule has 0 amide bonds. The Labute approximate surface area is 162 Å². The fraction of sp³-hybridized carbons (Fsp3) is 0.0385. The average Bonchev–Trinajstić information content (AvgIpc) is 2.75. The van der Waals surface area contributed by atoms with Gasteiger partial charge in [-0.25, -0.2) is 0 Å². The van der Waals surface area contributed by atoms with E-state index in [9.17, 15) is 0 Å². The normalized spacial score (nSPS) is 11.9. The molecule has 0 aliphatic carbocycles. The molecule has 0 unspecified atom stereocenters. The van der Waals surface area contributed by atoms with Crippen LogP contribution in [0.5, 0.6) is 0 Å². The molecule has 0 nitrogen and oxygen atoms in total. The summed E-state index contributed by atoms with van der Waals surface area (Å²) in [5.41, 5.74) is 2.43. The summed E-state index contributed by atoms with van der Waals surface area (Å²) < 4.78 is 0. The third-order valence-corrected chi connectivity index (χ3v) is 10.2. The zero-order chi connectivity index (χ0) is 18.5. The van der Waals surface area contributed by atoms with Crippen molar-refractivity contribution in [2.24, 2.45) is 0 Å². The molecule has 0 aliphatic rings. The standard InChI is InChI=1S/C26H24P/c1-22-17-19-23(20-18-22)21-27(24-11-5-2-6-12-24,25-13-7-3-8-14-25)26-15-9-4-10-16-26/h2-20,27H,1,21H2. The van der Waals surface area contributed by atoms with E-state index in [1.165, 1.54) is 21.5 Å². The van der Waals surface area contributed by atoms with Gasteiger partial charge in [-0.3, -0.25) is 0 Å². The average molecular weight is 367 g/mol. The van der Waals surface area contributed by atoms with Crippen molar-refractivity contribution in [3.63, 3.8) is 0 Å². The molecule has 0 aromatic heterocycles. The predicted octanol–water partition coefficient (Wildman–Crippen LogP) is 5.10. The van der Waals surface area contributed by atoms with Crippen molar-refractivity contribution in [1.29, 1.82) is 0 Å². The van der Waals surface area contributed by atoms with Crippen LogP contribution in [0, 0.1) is 6.92 Å². The van der Waals surface area contributed by atoms with E-state index in [-0.39, 0.29) is 0 Å². The van der Waals surface area contributed by atoms with E-state index in [1.807, 2.05) is 0 Å². The summed E-state index contributed by atoms with van der Waals surface area (Å²) in [6, 6.07) is 41.9. The Bertz CT molecular complexity index is 878. The van der Waals surface area contributed by atoms with Crippen molar-refractivity contribution < 1.29 is 0 Å². The van der Waals surface area contributed by atoms with Crippen LogP contribution in [0.4, 0.5) is 0 Å². The Morgan fingerprint density at radius 1 is 0.481 bits per heavy atom. The van der Waals surface area contributed by atoms with E-state index >= 15 is 0 Å². The molecule has 0 atom stereocenters. The van der Waals surface area contributed by atoms with Gasteiger partial charge in [-0.05, 0) is 0 Å². The molecule has 0 aliphatic heterocycles. The molecular weight excluding hydrogens is 343 g/mol. The fourth-order valence-corrected chi connectivity index (χ4v) is 8.68. The molecule has 0 N–H and O–H groups in total. The van der Waals surface area contributed by atoms with Gasteiger partial charge in [0, 0.05) is 0 Å². The molecule has 0 saturated carbocycles. The van der Waals surface area contributed by atoms with Gasteiger partial charge in [0.25, 0.3) is 0 Å². The van der Waals surface area contributed by atoms with Crippen molar-refractivity contribution >= 4 is 23.2 Å². The van der Waals surface area contributed by atoms with Gasteiger partial charge in [-0.15, -0.1) is 0 Å². The molecule has 1 radical (unpaired) electrons. The van der Waals surface area contributed by atoms with Crippen LogP contribution in [0.25, 0.3) is 0 Å². The van der Waals surface area contributed by atoms with Gasteiger partial charge in [0.15, 0.2) is 0 Å². The Balaban J connectivity index is 1.98. The maximum atomic E-state index is 4.04. The first-order valence-electron chi connectivity index (χ1n) is 9.36. The first kappa shape index (κ1) is 17.7. The Hall–Kier alpha value is -2.69. The summed E-state index contributed by atoms with van der Waals surface area (Å²) in [7, 11) is -2.20. The third-order valence-electron chi connectivity index (χ3n) is 5.29. The molecule has 4 aromatic rings. The fourth-order valence-electron chi connectivity index (χ4n) is 3.94. The van der Waals surface area contributed by atoms with E-state index in [1.54, 1.807) is 0 Å². The molecule has 1 heteroatoms. The SMILES string of the molecule is [CH2]c1ccc(C[PH](c2ccccc2)(c2ccccc2)c2ccccc2)cc1. The molecule has 0 heterocycles. The molecule has 4 aromatic carbocycles. The van der Waals surface area contributed by atoms with Crippen molar-refractivity contribution in [2.45, 2.75) is 6.16 Å². The van der Waals surface area contributed by atoms with Gasteiger partial charge >= 0.3 is 163 Å². The van der Waals surface area contributed by atoms with Crippen molar-refractivity contribution in [2.75, 3.05) is 0 Å². The molecule has 0 fully saturated rings. The van der Waals surface area contributed by atoms with Crippen molar-refractivity contribution in [1.82, 2.24) is 0 Å². The van der Waals surface area contributed by atoms with Crippen LogP contribution in [-0.2, 0) is 6.16 Å². The molecule has 133 valence electrons. The number of rotatable bonds is 5. The number of hydrogen-bond acceptors (Lipinski definition) is 0. The summed E-state index contributed by atoms with van der Waals surface area (Å²) in [5.74, 6) is 0. The van der Waals surface area contributed by atoms with Crippen LogP contribution in [0.15, 0.2) is 115 Å². The van der Waals surface area contributed by atoms with Gasteiger partial charge in [0.1, 0.15) is 0 Å². The van der Waals surface area contributed by atoms with E-state index in [0.717, 1.165) is 11.7 Å². The maximum absolute atomic E-state index is 4.04. The summed E-state index contributed by atoms with van der Waals surface area (Å²) in [6.45, 7) is 4.04. The van der Waals surface area contributed by atoms with Gasteiger partial charge in [0.05, 0.1) is 0 Å². The first-order chi connectivity index (χ1) is 13.3. The van der Waals surface area contributed by atoms with Crippen molar-refractivity contribution in [3.05, 3.63) is 133 Å². The second-order valence-corrected chi connectivity index (χ2v) is 10.9. The summed E-state index contributed by atoms with van der Waals surface area (Å²) in [5, 5.41) is 4.34. The summed E-state index contributed by atoms with van der Waals surface area (Å²) in [4.78, 5) is 0. The van der Waals surface area contributed by atoms with Crippen molar-refractivity contribution in [3.8, 4) is 0 Å². The Morgan fingerprint density at radius 2 is 0.852 bits per heavy atom. The number of hydrogen-bond donors (Lipinski definition) is 0. The molecule has 4 rings (SSSR count). The summed E-state index contributed by atoms with van der Waals surface area (Å²) in [6.07, 6.45) is 1.03. The monoisotopic (exact) mass is 367 g/mol. The van der Waals surface area contributed by atoms with Gasteiger partial charge in [0.2, 0.25) is 0 Å². The molecule has 0 spiro atoms. The predicted molar refractivity (Wildman–Crippen MR) is 121 cm³/mol. The first-order valence-corrected chi connectivity index (χ1v) is 11.6. The van der Waals surface area contributed by atoms with Crippen LogP contribution in [0.3, 0.4) is 0 Å². The van der Waals surface area contributed by atoms with E-state index in [0.29, 0.717) is 0 Å². The van der Waals surface area contributed by atoms with E-state index in [2.05, 4.69) is 122 Å². The van der Waals surface area contributed by atoms with Crippen LogP contribution in [0.1, 0.15) is 11.1 Å². The van der Waals surface area contributed by atoms with Gasteiger partial charge in [-0.1, -0.05) is 0 Å². The van der Waals surface area contributed by atoms with Gasteiger partial charge in [-0.2, -0.15) is 0 Å². The molecular formula is C26H24P. The Kier molecular flexibility index (Phi) is 5.19. The third kappa shape index (κ3) is 3.59. The van der Waals surface area contributed by atoms with Crippen LogP contribution < -0.4 is 15.9 Å². The molecule has 0 saturated heterocycles. The van der Waals surface area contributed by atoms with Crippen LogP contribution in [-0.4, -0.2) is 0 Å². The zero-order valence-corrected chi connectivity index (χ0v) is 16.4. The minimum absolute atomic E-state index is 1.03. The van der Waals surface area contributed by atoms with Crippen LogP contribution in [0.2, 0.25) is 0 Å². The second kappa shape index (κ2) is 7.91. The van der Waals surface area contributed by atoms with E-state index < -0.39 is 7.26 Å². The number of benzene rings is 4. The summed E-state index contributed by atoms with van der Waals surface area (Å²) >= 11 is 0. The second-order valence-electron chi connectivity index (χ2n) is 7.00. The van der Waals surface area contributed by atoms with Crippen LogP contribution >= 0.6 is 7.26 Å². The topological polar surface area (TPSA) is 0 Å². The van der Waals surface area contributed by atoms with Gasteiger partial charge < -0.3 is 0 Å². The molecule has 0 bridgehead atoms. The van der Waals surface area contributed by atoms with E-state index in [4.69, 9.17) is 0 Å². The molecule has 27 heavy (non-hydrogen) atoms. The zero-order valence-electron chi connectivity index (χ0n) is 15.4. The Morgan fingerprint density at radius 3 is 1.22 bits per heavy atom. The minimum atomic E-state index is -2.20. The quantitative estimate of drug-likeness (QED) is 0.431.